The van der Waals surface area contributed by atoms with Crippen LogP contribution in [-0.2, 0) is 11.3 Å². The molecule has 0 spiro atoms. The van der Waals surface area contributed by atoms with Crippen LogP contribution in [0.3, 0.4) is 0 Å². The molecule has 0 saturated carbocycles. The molecule has 3 aromatic rings. The number of hydrogen-bond donors (Lipinski definition) is 0. The van der Waals surface area contributed by atoms with Crippen molar-refractivity contribution in [2.75, 3.05) is 7.11 Å². The van der Waals surface area contributed by atoms with Crippen LogP contribution in [0, 0.1) is 0 Å². The molecule has 112 valence electrons. The maximum atomic E-state index is 12.0. The van der Waals surface area contributed by atoms with Crippen LogP contribution < -0.4 is 10.3 Å². The monoisotopic (exact) mass is 316 g/mol. The zero-order chi connectivity index (χ0) is 15.5. The Bertz CT molecular complexity index is 884. The Morgan fingerprint density at radius 2 is 2.23 bits per heavy atom. The lowest BCUT2D eigenvalue weighted by Gasteiger charge is -2.06. The number of nitrogens with zero attached hydrogens (tertiary/aromatic N) is 2. The van der Waals surface area contributed by atoms with E-state index in [2.05, 4.69) is 4.98 Å². The zero-order valence-electron chi connectivity index (χ0n) is 11.7. The second kappa shape index (κ2) is 5.98. The van der Waals surface area contributed by atoms with Crippen molar-refractivity contribution in [2.24, 2.45) is 0 Å². The minimum atomic E-state index is -0.493. The fourth-order valence-corrected chi connectivity index (χ4v) is 2.67. The van der Waals surface area contributed by atoms with Crippen molar-refractivity contribution in [1.82, 2.24) is 9.38 Å². The summed E-state index contributed by atoms with van der Waals surface area (Å²) in [5.74, 6) is 0.0814. The fourth-order valence-electron chi connectivity index (χ4n) is 1.93. The van der Waals surface area contributed by atoms with Gasteiger partial charge in [0.1, 0.15) is 12.4 Å². The van der Waals surface area contributed by atoms with Gasteiger partial charge in [-0.2, -0.15) is 0 Å². The van der Waals surface area contributed by atoms with Crippen molar-refractivity contribution in [3.05, 3.63) is 63.5 Å². The average Bonchev–Trinajstić information content (AvgIpc) is 3.01. The normalized spacial score (nSPS) is 10.6. The highest BCUT2D eigenvalue weighted by molar-refractivity contribution is 7.15. The number of rotatable bonds is 4. The number of aromatic nitrogens is 2. The molecule has 0 atom stereocenters. The van der Waals surface area contributed by atoms with Gasteiger partial charge in [-0.05, 0) is 18.2 Å². The molecule has 1 aromatic carbocycles. The molecule has 0 unspecified atom stereocenters. The molecule has 0 aliphatic rings. The van der Waals surface area contributed by atoms with Gasteiger partial charge in [0, 0.05) is 17.6 Å². The van der Waals surface area contributed by atoms with E-state index in [4.69, 9.17) is 9.47 Å². The van der Waals surface area contributed by atoms with E-state index in [0.29, 0.717) is 22.0 Å². The summed E-state index contributed by atoms with van der Waals surface area (Å²) in [4.78, 5) is 28.7. The first-order chi connectivity index (χ1) is 10.7. The minimum Gasteiger partial charge on any atom is -0.497 e. The summed E-state index contributed by atoms with van der Waals surface area (Å²) in [5.41, 5.74) is 0.607. The summed E-state index contributed by atoms with van der Waals surface area (Å²) >= 11 is 1.35. The van der Waals surface area contributed by atoms with Gasteiger partial charge in [0.25, 0.3) is 5.56 Å². The second-order valence-corrected chi connectivity index (χ2v) is 5.32. The molecular formula is C15H12N2O4S. The quantitative estimate of drug-likeness (QED) is 0.690. The van der Waals surface area contributed by atoms with Crippen LogP contribution in [0.5, 0.6) is 5.75 Å². The molecule has 3 rings (SSSR count). The molecule has 7 heteroatoms. The van der Waals surface area contributed by atoms with E-state index in [1.165, 1.54) is 28.9 Å². The predicted molar refractivity (Wildman–Crippen MR) is 81.5 cm³/mol. The van der Waals surface area contributed by atoms with E-state index in [1.54, 1.807) is 35.8 Å². The highest BCUT2D eigenvalue weighted by Gasteiger charge is 2.10. The minimum absolute atomic E-state index is 0.0559. The first kappa shape index (κ1) is 14.3. The molecule has 2 aromatic heterocycles. The standard InChI is InChI=1S/C15H12N2O4S/c1-20-12-4-2-3-10(7-12)14(19)21-9-11-8-13(18)17-5-6-22-15(17)16-11/h2-8H,9H2,1H3. The Balaban J connectivity index is 1.75. The summed E-state index contributed by atoms with van der Waals surface area (Å²) < 4.78 is 11.7. The molecule has 2 heterocycles. The number of methoxy groups -OCH3 is 1. The highest BCUT2D eigenvalue weighted by Crippen LogP contribution is 2.14. The van der Waals surface area contributed by atoms with Gasteiger partial charge in [-0.15, -0.1) is 11.3 Å². The number of hydrogen-bond acceptors (Lipinski definition) is 6. The largest absolute Gasteiger partial charge is 0.497 e. The molecular weight excluding hydrogens is 304 g/mol. The number of fused-ring (bicyclic) bond motifs is 1. The highest BCUT2D eigenvalue weighted by atomic mass is 32.1. The second-order valence-electron chi connectivity index (χ2n) is 4.45. The van der Waals surface area contributed by atoms with E-state index in [9.17, 15) is 9.59 Å². The van der Waals surface area contributed by atoms with E-state index in [0.717, 1.165) is 0 Å². The maximum absolute atomic E-state index is 12.0. The summed E-state index contributed by atoms with van der Waals surface area (Å²) in [6.07, 6.45) is 1.65. The fraction of sp³-hybridized carbons (Fsp3) is 0.133. The van der Waals surface area contributed by atoms with E-state index >= 15 is 0 Å². The molecule has 6 nitrogen and oxygen atoms in total. The smallest absolute Gasteiger partial charge is 0.338 e. The lowest BCUT2D eigenvalue weighted by molar-refractivity contribution is 0.0467. The van der Waals surface area contributed by atoms with Gasteiger partial charge in [0.2, 0.25) is 0 Å². The number of thiazole rings is 1. The Morgan fingerprint density at radius 3 is 3.05 bits per heavy atom. The van der Waals surface area contributed by atoms with Crippen LogP contribution in [0.25, 0.3) is 4.96 Å². The van der Waals surface area contributed by atoms with Crippen LogP contribution >= 0.6 is 11.3 Å². The summed E-state index contributed by atoms with van der Waals surface area (Å²) in [6.45, 7) is -0.0559. The van der Waals surface area contributed by atoms with Crippen LogP contribution in [0.4, 0.5) is 0 Å². The molecule has 0 aliphatic heterocycles. The Morgan fingerprint density at radius 1 is 1.36 bits per heavy atom. The summed E-state index contributed by atoms with van der Waals surface area (Å²) in [7, 11) is 1.53. The third kappa shape index (κ3) is 2.84. The molecule has 0 aliphatic carbocycles. The third-order valence-corrected chi connectivity index (χ3v) is 3.77. The van der Waals surface area contributed by atoms with E-state index in [-0.39, 0.29) is 12.2 Å². The van der Waals surface area contributed by atoms with Crippen molar-refractivity contribution in [1.29, 1.82) is 0 Å². The third-order valence-electron chi connectivity index (χ3n) is 3.01. The van der Waals surface area contributed by atoms with Crippen molar-refractivity contribution in [2.45, 2.75) is 6.61 Å². The van der Waals surface area contributed by atoms with Crippen LogP contribution in [-0.4, -0.2) is 22.5 Å². The van der Waals surface area contributed by atoms with Crippen LogP contribution in [0.2, 0.25) is 0 Å². The number of ether oxygens (including phenoxy) is 2. The number of benzene rings is 1. The van der Waals surface area contributed by atoms with E-state index in [1.807, 2.05) is 0 Å². The average molecular weight is 316 g/mol. The zero-order valence-corrected chi connectivity index (χ0v) is 12.5. The number of carbonyl (C=O) groups is 1. The Labute approximate surface area is 129 Å². The molecule has 0 bridgehead atoms. The van der Waals surface area contributed by atoms with Gasteiger partial charge in [0.15, 0.2) is 4.96 Å². The SMILES string of the molecule is COc1cccc(C(=O)OCc2cc(=O)n3ccsc3n2)c1. The molecule has 22 heavy (non-hydrogen) atoms. The first-order valence-electron chi connectivity index (χ1n) is 6.44. The predicted octanol–water partition coefficient (Wildman–Crippen LogP) is 2.12. The summed E-state index contributed by atoms with van der Waals surface area (Å²) in [5, 5.41) is 1.77. The molecule has 0 amide bonds. The van der Waals surface area contributed by atoms with Crippen molar-refractivity contribution in [3.8, 4) is 5.75 Å². The lowest BCUT2D eigenvalue weighted by Crippen LogP contribution is -2.14. The van der Waals surface area contributed by atoms with Crippen LogP contribution in [0.1, 0.15) is 16.1 Å². The molecule has 0 radical (unpaired) electrons. The molecule has 0 saturated heterocycles. The van der Waals surface area contributed by atoms with Crippen molar-refractivity contribution < 1.29 is 14.3 Å². The van der Waals surface area contributed by atoms with Gasteiger partial charge in [-0.1, -0.05) is 6.07 Å². The van der Waals surface area contributed by atoms with Crippen molar-refractivity contribution >= 4 is 22.3 Å². The van der Waals surface area contributed by atoms with Gasteiger partial charge in [0.05, 0.1) is 18.4 Å². The topological polar surface area (TPSA) is 69.9 Å². The number of carbonyl (C=O) groups excluding carboxylic acids is 1. The first-order valence-corrected chi connectivity index (χ1v) is 7.32. The van der Waals surface area contributed by atoms with Crippen LogP contribution in [0.15, 0.2) is 46.7 Å². The molecule has 0 N–H and O–H groups in total. The maximum Gasteiger partial charge on any atom is 0.338 e. The van der Waals surface area contributed by atoms with E-state index < -0.39 is 5.97 Å². The Hall–Kier alpha value is -2.67. The summed E-state index contributed by atoms with van der Waals surface area (Å²) in [6, 6.07) is 8.03. The van der Waals surface area contributed by atoms with Gasteiger partial charge >= 0.3 is 5.97 Å². The Kier molecular flexibility index (Phi) is 3.88. The van der Waals surface area contributed by atoms with Gasteiger partial charge in [-0.25, -0.2) is 9.78 Å². The number of esters is 1. The van der Waals surface area contributed by atoms with Crippen molar-refractivity contribution in [3.63, 3.8) is 0 Å². The molecule has 0 fully saturated rings. The lowest BCUT2D eigenvalue weighted by atomic mass is 10.2. The van der Waals surface area contributed by atoms with Gasteiger partial charge in [-0.3, -0.25) is 9.20 Å². The van der Waals surface area contributed by atoms with Gasteiger partial charge < -0.3 is 9.47 Å².